The molecule has 0 saturated heterocycles. The SMILES string of the molecule is CC.FC(F)(F)c1ccc(Br)nc1.N#Cc1cc(-c2ccc(C(F)(F)F)cn2)ccn1. The number of nitriles is 1. The summed E-state index contributed by atoms with van der Waals surface area (Å²) >= 11 is 2.93. The van der Waals surface area contributed by atoms with Crippen molar-refractivity contribution < 1.29 is 26.3 Å². The Hall–Kier alpha value is -3.00. The first-order chi connectivity index (χ1) is 14.5. The zero-order chi connectivity index (χ0) is 23.7. The van der Waals surface area contributed by atoms with E-state index in [1.807, 2.05) is 19.9 Å². The van der Waals surface area contributed by atoms with Crippen LogP contribution in [0.5, 0.6) is 0 Å². The smallest absolute Gasteiger partial charge is 0.256 e. The second kappa shape index (κ2) is 11.4. The van der Waals surface area contributed by atoms with E-state index in [0.29, 0.717) is 15.9 Å². The summed E-state index contributed by atoms with van der Waals surface area (Å²) in [6.07, 6.45) is -5.74. The van der Waals surface area contributed by atoms with Crippen LogP contribution in [0.1, 0.15) is 30.7 Å². The van der Waals surface area contributed by atoms with Gasteiger partial charge in [-0.05, 0) is 52.3 Å². The molecule has 0 aliphatic rings. The minimum absolute atomic E-state index is 0.189. The Bertz CT molecular complexity index is 994. The number of aromatic nitrogens is 3. The van der Waals surface area contributed by atoms with Crippen molar-refractivity contribution in [2.75, 3.05) is 0 Å². The molecule has 3 aromatic heterocycles. The summed E-state index contributed by atoms with van der Waals surface area (Å²) in [5, 5.41) is 8.68. The number of rotatable bonds is 1. The van der Waals surface area contributed by atoms with Crippen LogP contribution < -0.4 is 0 Å². The molecule has 3 heterocycles. The molecule has 0 saturated carbocycles. The second-order valence-corrected chi connectivity index (χ2v) is 6.15. The lowest BCUT2D eigenvalue weighted by molar-refractivity contribution is -0.138. The Labute approximate surface area is 182 Å². The molecule has 0 fully saturated rings. The van der Waals surface area contributed by atoms with E-state index in [9.17, 15) is 26.3 Å². The molecule has 0 radical (unpaired) electrons. The van der Waals surface area contributed by atoms with E-state index in [0.717, 1.165) is 24.5 Å². The van der Waals surface area contributed by atoms with Crippen LogP contribution in [0.3, 0.4) is 0 Å². The topological polar surface area (TPSA) is 62.5 Å². The summed E-state index contributed by atoms with van der Waals surface area (Å²) in [4.78, 5) is 10.9. The third-order valence-corrected chi connectivity index (χ3v) is 3.78. The van der Waals surface area contributed by atoms with Gasteiger partial charge in [0.2, 0.25) is 0 Å². The van der Waals surface area contributed by atoms with Crippen LogP contribution in [0.4, 0.5) is 26.3 Å². The van der Waals surface area contributed by atoms with E-state index in [4.69, 9.17) is 5.26 Å². The van der Waals surface area contributed by atoms with Gasteiger partial charge in [0.05, 0.1) is 16.8 Å². The van der Waals surface area contributed by atoms with Crippen molar-refractivity contribution >= 4 is 15.9 Å². The predicted molar refractivity (Wildman–Crippen MR) is 105 cm³/mol. The van der Waals surface area contributed by atoms with Crippen molar-refractivity contribution in [2.45, 2.75) is 26.2 Å². The van der Waals surface area contributed by atoms with Gasteiger partial charge in [-0.15, -0.1) is 0 Å². The molecular weight excluding hydrogens is 490 g/mol. The van der Waals surface area contributed by atoms with Crippen molar-refractivity contribution in [2.24, 2.45) is 0 Å². The Kier molecular flexibility index (Phi) is 9.58. The Balaban J connectivity index is 0.000000317. The first-order valence-electron chi connectivity index (χ1n) is 8.59. The molecule has 0 spiro atoms. The van der Waals surface area contributed by atoms with Crippen molar-refractivity contribution in [1.29, 1.82) is 5.26 Å². The maximum atomic E-state index is 12.3. The van der Waals surface area contributed by atoms with E-state index in [-0.39, 0.29) is 5.69 Å². The van der Waals surface area contributed by atoms with Gasteiger partial charge in [-0.2, -0.15) is 31.6 Å². The first kappa shape index (κ1) is 26.0. The minimum atomic E-state index is -4.40. The normalized spacial score (nSPS) is 10.7. The maximum Gasteiger partial charge on any atom is 0.417 e. The molecular formula is C20H15BrF6N4. The number of alkyl halides is 6. The lowest BCUT2D eigenvalue weighted by Crippen LogP contribution is -2.05. The fraction of sp³-hybridized carbons (Fsp3) is 0.200. The molecule has 0 atom stereocenters. The van der Waals surface area contributed by atoms with Gasteiger partial charge in [0.25, 0.3) is 0 Å². The van der Waals surface area contributed by atoms with E-state index >= 15 is 0 Å². The first-order valence-corrected chi connectivity index (χ1v) is 9.38. The fourth-order valence-electron chi connectivity index (χ4n) is 1.93. The van der Waals surface area contributed by atoms with Gasteiger partial charge in [0.1, 0.15) is 16.4 Å². The summed E-state index contributed by atoms with van der Waals surface area (Å²) in [7, 11) is 0. The van der Waals surface area contributed by atoms with Crippen LogP contribution in [-0.2, 0) is 12.4 Å². The quantitative estimate of drug-likeness (QED) is 0.266. The number of halogens is 7. The molecule has 164 valence electrons. The minimum Gasteiger partial charge on any atom is -0.256 e. The average Bonchev–Trinajstić information content (AvgIpc) is 2.75. The monoisotopic (exact) mass is 504 g/mol. The van der Waals surface area contributed by atoms with Gasteiger partial charge in [-0.25, -0.2) is 9.97 Å². The van der Waals surface area contributed by atoms with Crippen molar-refractivity contribution in [3.8, 4) is 17.3 Å². The van der Waals surface area contributed by atoms with Crippen molar-refractivity contribution in [1.82, 2.24) is 15.0 Å². The standard InChI is InChI=1S/C12H6F3N3.C6H3BrF3N.C2H6/c13-12(14,15)9-1-2-11(18-7-9)8-3-4-17-10(5-8)6-16;7-5-2-1-4(3-11-5)6(8,9)10;1-2/h1-5,7H;1-3H;1-2H3. The van der Waals surface area contributed by atoms with E-state index in [1.165, 1.54) is 24.4 Å². The molecule has 31 heavy (non-hydrogen) atoms. The van der Waals surface area contributed by atoms with Gasteiger partial charge in [0, 0.05) is 24.2 Å². The highest BCUT2D eigenvalue weighted by molar-refractivity contribution is 9.10. The van der Waals surface area contributed by atoms with E-state index in [1.54, 1.807) is 6.07 Å². The largest absolute Gasteiger partial charge is 0.417 e. The molecule has 0 amide bonds. The van der Waals surface area contributed by atoms with Crippen LogP contribution in [-0.4, -0.2) is 15.0 Å². The van der Waals surface area contributed by atoms with E-state index < -0.39 is 23.5 Å². The van der Waals surface area contributed by atoms with Gasteiger partial charge in [0.15, 0.2) is 0 Å². The lowest BCUT2D eigenvalue weighted by Gasteiger charge is -2.06. The van der Waals surface area contributed by atoms with Gasteiger partial charge in [-0.3, -0.25) is 4.98 Å². The maximum absolute atomic E-state index is 12.3. The van der Waals surface area contributed by atoms with Crippen LogP contribution in [0, 0.1) is 11.3 Å². The van der Waals surface area contributed by atoms with Crippen LogP contribution in [0.25, 0.3) is 11.3 Å². The zero-order valence-electron chi connectivity index (χ0n) is 16.1. The molecule has 0 aliphatic heterocycles. The summed E-state index contributed by atoms with van der Waals surface area (Å²) in [6.45, 7) is 4.00. The van der Waals surface area contributed by atoms with Crippen LogP contribution in [0.15, 0.2) is 59.6 Å². The Morgan fingerprint density at radius 1 is 0.806 bits per heavy atom. The van der Waals surface area contributed by atoms with Crippen molar-refractivity contribution in [3.63, 3.8) is 0 Å². The number of hydrogen-bond acceptors (Lipinski definition) is 4. The lowest BCUT2D eigenvalue weighted by atomic mass is 10.1. The van der Waals surface area contributed by atoms with Gasteiger partial charge < -0.3 is 0 Å². The zero-order valence-corrected chi connectivity index (χ0v) is 17.7. The number of nitrogens with zero attached hydrogens (tertiary/aromatic N) is 4. The predicted octanol–water partition coefficient (Wildman–Crippen LogP) is 6.92. The highest BCUT2D eigenvalue weighted by Gasteiger charge is 2.31. The molecule has 3 rings (SSSR count). The average molecular weight is 505 g/mol. The molecule has 0 unspecified atom stereocenters. The van der Waals surface area contributed by atoms with Crippen LogP contribution >= 0.6 is 15.9 Å². The third kappa shape index (κ3) is 8.33. The summed E-state index contributed by atoms with van der Waals surface area (Å²) in [6, 6.07) is 9.34. The molecule has 0 bridgehead atoms. The summed E-state index contributed by atoms with van der Waals surface area (Å²) in [5.41, 5.74) is -0.437. The Morgan fingerprint density at radius 3 is 1.77 bits per heavy atom. The van der Waals surface area contributed by atoms with Gasteiger partial charge >= 0.3 is 12.4 Å². The highest BCUT2D eigenvalue weighted by atomic mass is 79.9. The van der Waals surface area contributed by atoms with Gasteiger partial charge in [-0.1, -0.05) is 13.8 Å². The molecule has 0 aliphatic carbocycles. The van der Waals surface area contributed by atoms with E-state index in [2.05, 4.69) is 30.9 Å². The molecule has 11 heteroatoms. The molecule has 0 aromatic carbocycles. The third-order valence-electron chi connectivity index (χ3n) is 3.32. The molecule has 0 N–H and O–H groups in total. The van der Waals surface area contributed by atoms with Crippen LogP contribution in [0.2, 0.25) is 0 Å². The molecule has 4 nitrogen and oxygen atoms in total. The second-order valence-electron chi connectivity index (χ2n) is 5.34. The van der Waals surface area contributed by atoms with Crippen molar-refractivity contribution in [3.05, 3.63) is 76.4 Å². The fourth-order valence-corrected chi connectivity index (χ4v) is 2.16. The number of pyridine rings is 3. The Morgan fingerprint density at radius 2 is 1.35 bits per heavy atom. The molecule has 3 aromatic rings. The number of hydrogen-bond donors (Lipinski definition) is 0. The highest BCUT2D eigenvalue weighted by Crippen LogP contribution is 2.30. The summed E-state index contributed by atoms with van der Waals surface area (Å²) < 4.78 is 73.0. The summed E-state index contributed by atoms with van der Waals surface area (Å²) in [5.74, 6) is 0.